The number of benzene rings is 2. The fraction of sp³-hybridized carbons (Fsp3) is 0.200. The second-order valence-electron chi connectivity index (χ2n) is 8.00. The minimum absolute atomic E-state index is 0.154. The second-order valence-corrected chi connectivity index (χ2v) is 8.94. The molecule has 0 spiro atoms. The highest BCUT2D eigenvalue weighted by Crippen LogP contribution is 2.35. The normalized spacial score (nSPS) is 12.2. The molecule has 0 aliphatic carbocycles. The molecular weight excluding hydrogens is 450 g/mol. The van der Waals surface area contributed by atoms with Crippen LogP contribution >= 0.6 is 11.8 Å². The Morgan fingerprint density at radius 1 is 1.09 bits per heavy atom. The molecule has 9 heteroatoms. The van der Waals surface area contributed by atoms with E-state index >= 15 is 0 Å². The lowest BCUT2D eigenvalue weighted by Gasteiger charge is -2.16. The molecule has 0 atom stereocenters. The van der Waals surface area contributed by atoms with Crippen molar-refractivity contribution in [3.05, 3.63) is 72.6 Å². The van der Waals surface area contributed by atoms with E-state index in [0.717, 1.165) is 11.3 Å². The van der Waals surface area contributed by atoms with Gasteiger partial charge in [0.1, 0.15) is 0 Å². The molecule has 4 aromatic rings. The van der Waals surface area contributed by atoms with Gasteiger partial charge in [0.05, 0.1) is 11.4 Å². The number of pyridine rings is 1. The van der Waals surface area contributed by atoms with E-state index < -0.39 is 0 Å². The fourth-order valence-electron chi connectivity index (χ4n) is 3.74. The topological polar surface area (TPSA) is 91.2 Å². The molecule has 0 radical (unpaired) electrons. The zero-order valence-corrected chi connectivity index (χ0v) is 19.6. The molecule has 1 aliphatic heterocycles. The van der Waals surface area contributed by atoms with Gasteiger partial charge in [-0.3, -0.25) is 14.3 Å². The number of fused-ring (bicyclic) bond motifs is 1. The monoisotopic (exact) mass is 473 g/mol. The summed E-state index contributed by atoms with van der Waals surface area (Å²) in [6, 6.07) is 17.3. The van der Waals surface area contributed by atoms with Crippen LogP contribution in [0.1, 0.15) is 25.3 Å². The maximum atomic E-state index is 12.7. The van der Waals surface area contributed by atoms with Crippen molar-refractivity contribution in [2.75, 3.05) is 17.9 Å². The number of carbonyl (C=O) groups excluding carboxylic acids is 1. The number of carbonyl (C=O) groups is 1. The maximum absolute atomic E-state index is 12.7. The Hall–Kier alpha value is -3.85. The zero-order valence-electron chi connectivity index (χ0n) is 18.8. The first-order valence-electron chi connectivity index (χ1n) is 10.9. The number of hydrogen-bond acceptors (Lipinski definition) is 7. The Kier molecular flexibility index (Phi) is 6.18. The lowest BCUT2D eigenvalue weighted by Crippen LogP contribution is -2.14. The second kappa shape index (κ2) is 9.56. The molecule has 1 amide bonds. The minimum atomic E-state index is -0.154. The molecule has 8 nitrogen and oxygen atoms in total. The van der Waals surface area contributed by atoms with Gasteiger partial charge in [-0.05, 0) is 41.8 Å². The third kappa shape index (κ3) is 4.47. The fourth-order valence-corrected chi connectivity index (χ4v) is 4.49. The van der Waals surface area contributed by atoms with Gasteiger partial charge in [0.2, 0.25) is 12.7 Å². The highest BCUT2D eigenvalue weighted by molar-refractivity contribution is 7.99. The lowest BCUT2D eigenvalue weighted by atomic mass is 10.0. The SMILES string of the molecule is CC(C)c1ccccc1-n1c(SCC(=O)Nc2ccc3c(c2)OCO3)nnc1-c1cccnc1. The van der Waals surface area contributed by atoms with E-state index in [4.69, 9.17) is 9.47 Å². The molecule has 2 aromatic heterocycles. The Morgan fingerprint density at radius 3 is 2.76 bits per heavy atom. The van der Waals surface area contributed by atoms with Gasteiger partial charge in [0, 0.05) is 29.7 Å². The Morgan fingerprint density at radius 2 is 1.94 bits per heavy atom. The standard InChI is InChI=1S/C25H23N5O3S/c1-16(2)19-7-3-4-8-20(19)30-24(17-6-5-11-26-13-17)28-29-25(30)34-14-23(31)27-18-9-10-21-22(12-18)33-15-32-21/h3-13,16H,14-15H2,1-2H3,(H,27,31). The average molecular weight is 474 g/mol. The van der Waals surface area contributed by atoms with E-state index in [9.17, 15) is 4.79 Å². The number of thioether (sulfide) groups is 1. The van der Waals surface area contributed by atoms with Gasteiger partial charge in [-0.15, -0.1) is 10.2 Å². The highest BCUT2D eigenvalue weighted by atomic mass is 32.2. The number of para-hydroxylation sites is 1. The van der Waals surface area contributed by atoms with Crippen LogP contribution in [0, 0.1) is 0 Å². The van der Waals surface area contributed by atoms with Crippen molar-refractivity contribution >= 4 is 23.4 Å². The van der Waals surface area contributed by atoms with Crippen LogP contribution in [0.2, 0.25) is 0 Å². The Bertz CT molecular complexity index is 1320. The largest absolute Gasteiger partial charge is 0.454 e. The van der Waals surface area contributed by atoms with Crippen molar-refractivity contribution in [3.8, 4) is 28.6 Å². The highest BCUT2D eigenvalue weighted by Gasteiger charge is 2.21. The molecule has 3 heterocycles. The summed E-state index contributed by atoms with van der Waals surface area (Å²) in [7, 11) is 0. The number of amides is 1. The average Bonchev–Trinajstić information content (AvgIpc) is 3.50. The van der Waals surface area contributed by atoms with Crippen molar-refractivity contribution < 1.29 is 14.3 Å². The van der Waals surface area contributed by atoms with Crippen LogP contribution in [0.25, 0.3) is 17.1 Å². The third-order valence-corrected chi connectivity index (χ3v) is 6.27. The van der Waals surface area contributed by atoms with Crippen molar-refractivity contribution in [2.24, 2.45) is 0 Å². The van der Waals surface area contributed by atoms with Gasteiger partial charge in [-0.25, -0.2) is 0 Å². The maximum Gasteiger partial charge on any atom is 0.234 e. The Labute approximate surface area is 201 Å². The number of nitrogens with zero attached hydrogens (tertiary/aromatic N) is 4. The first kappa shape index (κ1) is 22.0. The van der Waals surface area contributed by atoms with Crippen molar-refractivity contribution in [3.63, 3.8) is 0 Å². The third-order valence-electron chi connectivity index (χ3n) is 5.34. The molecule has 34 heavy (non-hydrogen) atoms. The zero-order chi connectivity index (χ0) is 23.5. The van der Waals surface area contributed by atoms with Gasteiger partial charge in [-0.1, -0.05) is 43.8 Å². The van der Waals surface area contributed by atoms with Gasteiger partial charge in [0.25, 0.3) is 0 Å². The van der Waals surface area contributed by atoms with Crippen molar-refractivity contribution in [2.45, 2.75) is 24.9 Å². The Balaban J connectivity index is 1.42. The summed E-state index contributed by atoms with van der Waals surface area (Å²) in [5, 5.41) is 12.4. The summed E-state index contributed by atoms with van der Waals surface area (Å²) in [6.45, 7) is 4.49. The summed E-state index contributed by atoms with van der Waals surface area (Å²) in [5.74, 6) is 2.29. The summed E-state index contributed by atoms with van der Waals surface area (Å²) >= 11 is 1.33. The van der Waals surface area contributed by atoms with Crippen LogP contribution in [-0.4, -0.2) is 38.2 Å². The van der Waals surface area contributed by atoms with Crippen LogP contribution in [0.3, 0.4) is 0 Å². The summed E-state index contributed by atoms with van der Waals surface area (Å²) in [5.41, 5.74) is 3.65. The number of anilines is 1. The lowest BCUT2D eigenvalue weighted by molar-refractivity contribution is -0.113. The van der Waals surface area contributed by atoms with Crippen LogP contribution in [-0.2, 0) is 4.79 Å². The minimum Gasteiger partial charge on any atom is -0.454 e. The molecule has 2 aromatic carbocycles. The molecule has 5 rings (SSSR count). The summed E-state index contributed by atoms with van der Waals surface area (Å²) in [6.07, 6.45) is 3.49. The van der Waals surface area contributed by atoms with E-state index in [1.54, 1.807) is 30.6 Å². The van der Waals surface area contributed by atoms with Crippen molar-refractivity contribution in [1.29, 1.82) is 0 Å². The van der Waals surface area contributed by atoms with E-state index in [2.05, 4.69) is 46.5 Å². The number of hydrogen-bond donors (Lipinski definition) is 1. The van der Waals surface area contributed by atoms with E-state index in [1.807, 2.05) is 28.8 Å². The van der Waals surface area contributed by atoms with E-state index in [0.29, 0.717) is 34.1 Å². The van der Waals surface area contributed by atoms with Gasteiger partial charge < -0.3 is 14.8 Å². The predicted molar refractivity (Wildman–Crippen MR) is 131 cm³/mol. The molecule has 172 valence electrons. The molecule has 0 unspecified atom stereocenters. The first-order chi connectivity index (χ1) is 16.6. The van der Waals surface area contributed by atoms with E-state index in [-0.39, 0.29) is 18.5 Å². The van der Waals surface area contributed by atoms with Crippen LogP contribution in [0.15, 0.2) is 72.1 Å². The van der Waals surface area contributed by atoms with Gasteiger partial charge in [0.15, 0.2) is 22.5 Å². The molecule has 0 saturated carbocycles. The summed E-state index contributed by atoms with van der Waals surface area (Å²) < 4.78 is 12.7. The molecule has 0 bridgehead atoms. The van der Waals surface area contributed by atoms with Crippen LogP contribution in [0.4, 0.5) is 5.69 Å². The number of aromatic nitrogens is 4. The molecule has 1 aliphatic rings. The number of ether oxygens (including phenoxy) is 2. The van der Waals surface area contributed by atoms with Crippen LogP contribution in [0.5, 0.6) is 11.5 Å². The van der Waals surface area contributed by atoms with Gasteiger partial charge in [-0.2, -0.15) is 0 Å². The number of rotatable bonds is 7. The molecule has 0 fully saturated rings. The van der Waals surface area contributed by atoms with Crippen LogP contribution < -0.4 is 14.8 Å². The van der Waals surface area contributed by atoms with Gasteiger partial charge >= 0.3 is 0 Å². The van der Waals surface area contributed by atoms with Crippen molar-refractivity contribution in [1.82, 2.24) is 19.7 Å². The quantitative estimate of drug-likeness (QED) is 0.381. The summed E-state index contributed by atoms with van der Waals surface area (Å²) in [4.78, 5) is 17.0. The molecule has 1 N–H and O–H groups in total. The molecule has 0 saturated heterocycles. The number of nitrogens with one attached hydrogen (secondary N) is 1. The predicted octanol–water partition coefficient (Wildman–Crippen LogP) is 4.91. The molecular formula is C25H23N5O3S. The smallest absolute Gasteiger partial charge is 0.234 e. The first-order valence-corrected chi connectivity index (χ1v) is 11.9. The van der Waals surface area contributed by atoms with E-state index in [1.165, 1.54) is 17.3 Å².